The van der Waals surface area contributed by atoms with Gasteiger partial charge in [-0.3, -0.25) is 0 Å². The van der Waals surface area contributed by atoms with Gasteiger partial charge in [0.25, 0.3) is 0 Å². The van der Waals surface area contributed by atoms with Crippen LogP contribution in [-0.2, 0) is 16.6 Å². The zero-order valence-electron chi connectivity index (χ0n) is 9.52. The van der Waals surface area contributed by atoms with Gasteiger partial charge in [-0.2, -0.15) is 4.31 Å². The van der Waals surface area contributed by atoms with Gasteiger partial charge < -0.3 is 5.11 Å². The molecule has 1 aromatic carbocycles. The maximum atomic E-state index is 12.2. The Kier molecular flexibility index (Phi) is 5.02. The van der Waals surface area contributed by atoms with Crippen molar-refractivity contribution in [2.75, 3.05) is 13.6 Å². The summed E-state index contributed by atoms with van der Waals surface area (Å²) in [6.45, 7) is -0.486. The molecular weight excluding hydrogens is 297 g/mol. The molecule has 0 aromatic heterocycles. The molecule has 0 aliphatic heterocycles. The third-order valence-corrected chi connectivity index (χ3v) is 4.86. The van der Waals surface area contributed by atoms with E-state index in [0.717, 1.165) is 4.31 Å². The van der Waals surface area contributed by atoms with Crippen LogP contribution in [0.15, 0.2) is 17.0 Å². The SMILES string of the molecule is C#CCN(C)S(=O)(=O)c1cc(Cl)cc(CO)c1Cl. The molecule has 0 amide bonds. The van der Waals surface area contributed by atoms with E-state index in [1.807, 2.05) is 0 Å². The van der Waals surface area contributed by atoms with Crippen LogP contribution in [-0.4, -0.2) is 31.4 Å². The lowest BCUT2D eigenvalue weighted by atomic mass is 10.2. The van der Waals surface area contributed by atoms with Crippen LogP contribution < -0.4 is 0 Å². The van der Waals surface area contributed by atoms with Gasteiger partial charge in [-0.05, 0) is 17.7 Å². The normalized spacial score (nSPS) is 11.6. The Morgan fingerprint density at radius 3 is 2.56 bits per heavy atom. The van der Waals surface area contributed by atoms with Crippen LogP contribution in [0.2, 0.25) is 10.0 Å². The second-order valence-corrected chi connectivity index (χ2v) is 6.33. The average molecular weight is 308 g/mol. The first-order chi connectivity index (χ1) is 8.34. The molecule has 18 heavy (non-hydrogen) atoms. The lowest BCUT2D eigenvalue weighted by molar-refractivity contribution is 0.281. The van der Waals surface area contributed by atoms with Gasteiger partial charge in [-0.15, -0.1) is 6.42 Å². The summed E-state index contributed by atoms with van der Waals surface area (Å²) < 4.78 is 25.3. The zero-order valence-corrected chi connectivity index (χ0v) is 11.8. The molecule has 0 atom stereocenters. The summed E-state index contributed by atoms with van der Waals surface area (Å²) in [5.74, 6) is 2.23. The first-order valence-electron chi connectivity index (χ1n) is 4.83. The predicted molar refractivity (Wildman–Crippen MR) is 71.0 cm³/mol. The Morgan fingerprint density at radius 2 is 2.06 bits per heavy atom. The molecule has 4 nitrogen and oxygen atoms in total. The summed E-state index contributed by atoms with van der Waals surface area (Å²) >= 11 is 11.7. The fourth-order valence-electron chi connectivity index (χ4n) is 1.30. The Labute approximate surface area is 116 Å². The van der Waals surface area contributed by atoms with Crippen molar-refractivity contribution < 1.29 is 13.5 Å². The molecule has 1 N–H and O–H groups in total. The molecule has 0 spiro atoms. The number of benzene rings is 1. The number of hydrogen-bond acceptors (Lipinski definition) is 3. The molecule has 98 valence electrons. The Balaban J connectivity index is 3.42. The lowest BCUT2D eigenvalue weighted by Gasteiger charge is -2.16. The van der Waals surface area contributed by atoms with Gasteiger partial charge in [-0.1, -0.05) is 29.1 Å². The van der Waals surface area contributed by atoms with Crippen LogP contribution in [0, 0.1) is 12.3 Å². The van der Waals surface area contributed by atoms with E-state index in [9.17, 15) is 8.42 Å². The van der Waals surface area contributed by atoms with Crippen molar-refractivity contribution in [3.05, 3.63) is 27.7 Å². The highest BCUT2D eigenvalue weighted by molar-refractivity contribution is 7.89. The quantitative estimate of drug-likeness (QED) is 0.862. The highest BCUT2D eigenvalue weighted by atomic mass is 35.5. The van der Waals surface area contributed by atoms with Crippen LogP contribution in [0.25, 0.3) is 0 Å². The molecule has 0 heterocycles. The standard InChI is InChI=1S/C11H11Cl2NO3S/c1-3-4-14(2)18(16,17)10-6-9(12)5-8(7-15)11(10)13/h1,5-6,15H,4,7H2,2H3. The molecule has 0 fully saturated rings. The van der Waals surface area contributed by atoms with E-state index in [0.29, 0.717) is 0 Å². The second kappa shape index (κ2) is 5.91. The summed E-state index contributed by atoms with van der Waals surface area (Å²) in [6.07, 6.45) is 5.07. The largest absolute Gasteiger partial charge is 0.392 e. The highest BCUT2D eigenvalue weighted by Crippen LogP contribution is 2.31. The van der Waals surface area contributed by atoms with Gasteiger partial charge in [0, 0.05) is 12.1 Å². The van der Waals surface area contributed by atoms with Gasteiger partial charge >= 0.3 is 0 Å². The number of aliphatic hydroxyl groups is 1. The van der Waals surface area contributed by atoms with E-state index in [1.165, 1.54) is 19.2 Å². The summed E-state index contributed by atoms with van der Waals surface area (Å²) in [4.78, 5) is -0.168. The maximum Gasteiger partial charge on any atom is 0.245 e. The molecule has 0 aliphatic rings. The van der Waals surface area contributed by atoms with Gasteiger partial charge in [0.05, 0.1) is 18.2 Å². The minimum atomic E-state index is -3.82. The van der Waals surface area contributed by atoms with Gasteiger partial charge in [0.2, 0.25) is 10.0 Å². The minimum Gasteiger partial charge on any atom is -0.392 e. The van der Waals surface area contributed by atoms with Crippen molar-refractivity contribution in [2.45, 2.75) is 11.5 Å². The van der Waals surface area contributed by atoms with Crippen molar-refractivity contribution in [2.24, 2.45) is 0 Å². The van der Waals surface area contributed by atoms with Crippen molar-refractivity contribution in [3.8, 4) is 12.3 Å². The fraction of sp³-hybridized carbons (Fsp3) is 0.273. The molecule has 0 saturated carbocycles. The van der Waals surface area contributed by atoms with Crippen molar-refractivity contribution in [1.82, 2.24) is 4.31 Å². The lowest BCUT2D eigenvalue weighted by Crippen LogP contribution is -2.27. The monoisotopic (exact) mass is 307 g/mol. The number of sulfonamides is 1. The predicted octanol–water partition coefficient (Wildman–Crippen LogP) is 1.74. The summed E-state index contributed by atoms with van der Waals surface area (Å²) in [7, 11) is -2.49. The molecule has 0 bridgehead atoms. The van der Waals surface area contributed by atoms with E-state index >= 15 is 0 Å². The second-order valence-electron chi connectivity index (χ2n) is 3.50. The average Bonchev–Trinajstić information content (AvgIpc) is 2.31. The highest BCUT2D eigenvalue weighted by Gasteiger charge is 2.25. The molecular formula is C11H11Cl2NO3S. The fourth-order valence-corrected chi connectivity index (χ4v) is 3.28. The number of hydrogen-bond donors (Lipinski definition) is 1. The van der Waals surface area contributed by atoms with E-state index in [-0.39, 0.29) is 27.0 Å². The van der Waals surface area contributed by atoms with Crippen LogP contribution in [0.3, 0.4) is 0 Å². The molecule has 1 aromatic rings. The Morgan fingerprint density at radius 1 is 1.44 bits per heavy atom. The minimum absolute atomic E-state index is 0.0502. The number of aliphatic hydroxyl groups excluding tert-OH is 1. The van der Waals surface area contributed by atoms with E-state index < -0.39 is 16.6 Å². The van der Waals surface area contributed by atoms with Crippen LogP contribution in [0.1, 0.15) is 5.56 Å². The number of halogens is 2. The van der Waals surface area contributed by atoms with Crippen molar-refractivity contribution in [3.63, 3.8) is 0 Å². The van der Waals surface area contributed by atoms with Gasteiger partial charge in [0.15, 0.2) is 0 Å². The van der Waals surface area contributed by atoms with E-state index in [2.05, 4.69) is 5.92 Å². The zero-order chi connectivity index (χ0) is 13.9. The summed E-state index contributed by atoms with van der Waals surface area (Å²) in [5, 5.41) is 9.22. The summed E-state index contributed by atoms with van der Waals surface area (Å²) in [6, 6.07) is 2.63. The summed E-state index contributed by atoms with van der Waals surface area (Å²) in [5.41, 5.74) is 0.247. The third kappa shape index (κ3) is 2.97. The van der Waals surface area contributed by atoms with Crippen LogP contribution >= 0.6 is 23.2 Å². The molecule has 0 aliphatic carbocycles. The smallest absolute Gasteiger partial charge is 0.245 e. The van der Waals surface area contributed by atoms with E-state index in [1.54, 1.807) is 0 Å². The van der Waals surface area contributed by atoms with Gasteiger partial charge in [-0.25, -0.2) is 8.42 Å². The van der Waals surface area contributed by atoms with Crippen molar-refractivity contribution >= 4 is 33.2 Å². The third-order valence-electron chi connectivity index (χ3n) is 2.25. The molecule has 1 rings (SSSR count). The van der Waals surface area contributed by atoms with Crippen LogP contribution in [0.4, 0.5) is 0 Å². The number of rotatable bonds is 4. The number of nitrogens with zero attached hydrogens (tertiary/aromatic N) is 1. The van der Waals surface area contributed by atoms with E-state index in [4.69, 9.17) is 34.7 Å². The maximum absolute atomic E-state index is 12.2. The van der Waals surface area contributed by atoms with Gasteiger partial charge in [0.1, 0.15) is 4.90 Å². The van der Waals surface area contributed by atoms with Crippen LogP contribution in [0.5, 0.6) is 0 Å². The first-order valence-corrected chi connectivity index (χ1v) is 7.02. The Bertz CT molecular complexity index is 593. The molecule has 7 heteroatoms. The first kappa shape index (κ1) is 15.3. The topological polar surface area (TPSA) is 57.6 Å². The Hall–Kier alpha value is -0.770. The van der Waals surface area contributed by atoms with Crippen molar-refractivity contribution in [1.29, 1.82) is 0 Å². The molecule has 0 radical (unpaired) electrons. The molecule has 0 saturated heterocycles. The molecule has 0 unspecified atom stereocenters. The number of terminal acetylenes is 1.